The van der Waals surface area contributed by atoms with Crippen molar-refractivity contribution < 1.29 is 9.59 Å². The lowest BCUT2D eigenvalue weighted by Crippen LogP contribution is -2.25. The van der Waals surface area contributed by atoms with E-state index in [4.69, 9.17) is 0 Å². The van der Waals surface area contributed by atoms with Crippen LogP contribution >= 0.6 is 0 Å². The van der Waals surface area contributed by atoms with Gasteiger partial charge in [0.1, 0.15) is 0 Å². The molecule has 0 bridgehead atoms. The van der Waals surface area contributed by atoms with E-state index < -0.39 is 0 Å². The molecular formula is C12H22N2O2. The van der Waals surface area contributed by atoms with Crippen molar-refractivity contribution in [3.8, 4) is 0 Å². The fourth-order valence-electron chi connectivity index (χ4n) is 1.05. The van der Waals surface area contributed by atoms with Crippen molar-refractivity contribution in [3.63, 3.8) is 0 Å². The number of hydrogen-bond acceptors (Lipinski definition) is 2. The van der Waals surface area contributed by atoms with Crippen LogP contribution in [0.25, 0.3) is 0 Å². The number of amides is 2. The van der Waals surface area contributed by atoms with E-state index in [1.807, 2.05) is 0 Å². The van der Waals surface area contributed by atoms with Gasteiger partial charge in [0.2, 0.25) is 11.8 Å². The highest BCUT2D eigenvalue weighted by molar-refractivity contribution is 5.96. The van der Waals surface area contributed by atoms with Crippen LogP contribution in [0.5, 0.6) is 0 Å². The Morgan fingerprint density at radius 1 is 0.875 bits per heavy atom. The Hall–Kier alpha value is -1.32. The molecule has 0 spiro atoms. The van der Waals surface area contributed by atoms with E-state index in [-0.39, 0.29) is 11.8 Å². The second kappa shape index (κ2) is 10.2. The van der Waals surface area contributed by atoms with E-state index in [0.717, 1.165) is 25.7 Å². The van der Waals surface area contributed by atoms with Crippen molar-refractivity contribution >= 4 is 11.8 Å². The first-order valence-corrected chi connectivity index (χ1v) is 5.94. The van der Waals surface area contributed by atoms with Gasteiger partial charge in [-0.3, -0.25) is 9.59 Å². The monoisotopic (exact) mass is 226 g/mol. The fraction of sp³-hybridized carbons (Fsp3) is 0.667. The molecule has 2 amide bonds. The van der Waals surface area contributed by atoms with Crippen LogP contribution in [0, 0.1) is 0 Å². The second-order valence-corrected chi connectivity index (χ2v) is 3.62. The lowest BCUT2D eigenvalue weighted by Gasteiger charge is -2.00. The van der Waals surface area contributed by atoms with Crippen LogP contribution < -0.4 is 10.6 Å². The highest BCUT2D eigenvalue weighted by Crippen LogP contribution is 1.84. The molecule has 0 aliphatic heterocycles. The molecule has 0 fully saturated rings. The molecule has 0 aromatic carbocycles. The highest BCUT2D eigenvalue weighted by Gasteiger charge is 1.97. The smallest absolute Gasteiger partial charge is 0.244 e. The first kappa shape index (κ1) is 14.7. The summed E-state index contributed by atoms with van der Waals surface area (Å²) in [6.07, 6.45) is 6.56. The summed E-state index contributed by atoms with van der Waals surface area (Å²) < 4.78 is 0. The Bertz CT molecular complexity index is 213. The van der Waals surface area contributed by atoms with Gasteiger partial charge < -0.3 is 10.6 Å². The van der Waals surface area contributed by atoms with Gasteiger partial charge >= 0.3 is 0 Å². The molecule has 0 radical (unpaired) electrons. The molecule has 0 aliphatic rings. The zero-order valence-corrected chi connectivity index (χ0v) is 10.2. The van der Waals surface area contributed by atoms with Gasteiger partial charge in [-0.2, -0.15) is 0 Å². The molecular weight excluding hydrogens is 204 g/mol. The van der Waals surface area contributed by atoms with E-state index >= 15 is 0 Å². The Kier molecular flexibility index (Phi) is 9.36. The van der Waals surface area contributed by atoms with Crippen molar-refractivity contribution in [2.24, 2.45) is 0 Å². The average Bonchev–Trinajstić information content (AvgIpc) is 2.27. The summed E-state index contributed by atoms with van der Waals surface area (Å²) in [5.41, 5.74) is 0. The molecule has 0 saturated heterocycles. The summed E-state index contributed by atoms with van der Waals surface area (Å²) in [4.78, 5) is 22.3. The molecule has 4 nitrogen and oxygen atoms in total. The first-order valence-electron chi connectivity index (χ1n) is 5.94. The fourth-order valence-corrected chi connectivity index (χ4v) is 1.05. The summed E-state index contributed by atoms with van der Waals surface area (Å²) >= 11 is 0. The minimum atomic E-state index is -0.209. The molecule has 16 heavy (non-hydrogen) atoms. The zero-order valence-electron chi connectivity index (χ0n) is 10.2. The number of rotatable bonds is 8. The topological polar surface area (TPSA) is 58.2 Å². The maximum Gasteiger partial charge on any atom is 0.244 e. The third kappa shape index (κ3) is 9.24. The number of hydrogen-bond donors (Lipinski definition) is 2. The molecule has 2 N–H and O–H groups in total. The summed E-state index contributed by atoms with van der Waals surface area (Å²) in [7, 11) is 0. The molecule has 0 atom stereocenters. The minimum absolute atomic E-state index is 0.209. The van der Waals surface area contributed by atoms with Gasteiger partial charge in [-0.1, -0.05) is 26.7 Å². The average molecular weight is 226 g/mol. The van der Waals surface area contributed by atoms with Crippen LogP contribution in [0.1, 0.15) is 39.5 Å². The van der Waals surface area contributed by atoms with E-state index in [1.54, 1.807) is 0 Å². The molecule has 0 unspecified atom stereocenters. The first-order chi connectivity index (χ1) is 7.70. The van der Waals surface area contributed by atoms with Crippen molar-refractivity contribution in [3.05, 3.63) is 12.2 Å². The second-order valence-electron chi connectivity index (χ2n) is 3.62. The van der Waals surface area contributed by atoms with Crippen LogP contribution in [0.2, 0.25) is 0 Å². The van der Waals surface area contributed by atoms with Gasteiger partial charge in [0.25, 0.3) is 0 Å². The minimum Gasteiger partial charge on any atom is -0.353 e. The van der Waals surface area contributed by atoms with Crippen molar-refractivity contribution in [1.82, 2.24) is 10.6 Å². The van der Waals surface area contributed by atoms with Crippen LogP contribution in [-0.2, 0) is 9.59 Å². The quantitative estimate of drug-likeness (QED) is 0.485. The predicted octanol–water partition coefficient (Wildman–Crippen LogP) is 1.38. The van der Waals surface area contributed by atoms with Crippen molar-refractivity contribution in [2.45, 2.75) is 39.5 Å². The summed E-state index contributed by atoms with van der Waals surface area (Å²) in [6, 6.07) is 0. The number of nitrogens with one attached hydrogen (secondary N) is 2. The maximum atomic E-state index is 11.2. The van der Waals surface area contributed by atoms with Gasteiger partial charge in [0.15, 0.2) is 0 Å². The summed E-state index contributed by atoms with van der Waals surface area (Å²) in [5.74, 6) is -0.418. The summed E-state index contributed by atoms with van der Waals surface area (Å²) in [5, 5.41) is 5.40. The molecule has 0 aromatic heterocycles. The van der Waals surface area contributed by atoms with Crippen LogP contribution in [0.4, 0.5) is 0 Å². The largest absolute Gasteiger partial charge is 0.353 e. The highest BCUT2D eigenvalue weighted by atomic mass is 16.2. The summed E-state index contributed by atoms with van der Waals surface area (Å²) in [6.45, 7) is 5.45. The van der Waals surface area contributed by atoms with Gasteiger partial charge in [-0.05, 0) is 12.8 Å². The Labute approximate surface area is 97.5 Å². The normalized spacial score (nSPS) is 10.4. The standard InChI is InChI=1S/C12H22N2O2/c1-3-5-9-13-11(15)7-8-12(16)14-10-6-4-2/h7-8H,3-6,9-10H2,1-2H3,(H,13,15)(H,14,16)/b8-7-. The van der Waals surface area contributed by atoms with E-state index in [0.29, 0.717) is 13.1 Å². The lowest BCUT2D eigenvalue weighted by atomic mass is 10.3. The molecule has 0 aliphatic carbocycles. The van der Waals surface area contributed by atoms with E-state index in [1.165, 1.54) is 12.2 Å². The number of carbonyl (C=O) groups excluding carboxylic acids is 2. The van der Waals surface area contributed by atoms with Crippen LogP contribution in [-0.4, -0.2) is 24.9 Å². The molecule has 4 heteroatoms. The van der Waals surface area contributed by atoms with Crippen molar-refractivity contribution in [1.29, 1.82) is 0 Å². The van der Waals surface area contributed by atoms with E-state index in [9.17, 15) is 9.59 Å². The number of unbranched alkanes of at least 4 members (excludes halogenated alkanes) is 2. The Balaban J connectivity index is 3.63. The van der Waals surface area contributed by atoms with Gasteiger partial charge in [-0.25, -0.2) is 0 Å². The van der Waals surface area contributed by atoms with Gasteiger partial charge in [-0.15, -0.1) is 0 Å². The number of carbonyl (C=O) groups is 2. The lowest BCUT2D eigenvalue weighted by molar-refractivity contribution is -0.118. The maximum absolute atomic E-state index is 11.2. The van der Waals surface area contributed by atoms with E-state index in [2.05, 4.69) is 24.5 Å². The Morgan fingerprint density at radius 2 is 1.25 bits per heavy atom. The molecule has 0 rings (SSSR count). The van der Waals surface area contributed by atoms with Crippen LogP contribution in [0.3, 0.4) is 0 Å². The van der Waals surface area contributed by atoms with Crippen LogP contribution in [0.15, 0.2) is 12.2 Å². The van der Waals surface area contributed by atoms with Gasteiger partial charge in [0, 0.05) is 25.2 Å². The molecule has 0 saturated carbocycles. The zero-order chi connectivity index (χ0) is 12.2. The third-order valence-electron chi connectivity index (χ3n) is 2.05. The van der Waals surface area contributed by atoms with Gasteiger partial charge in [0.05, 0.1) is 0 Å². The molecule has 0 heterocycles. The molecule has 0 aromatic rings. The SMILES string of the molecule is CCCCNC(=O)/C=C\C(=O)NCCCC. The predicted molar refractivity (Wildman–Crippen MR) is 65.0 cm³/mol. The third-order valence-corrected chi connectivity index (χ3v) is 2.05. The molecule has 92 valence electrons. The van der Waals surface area contributed by atoms with Crippen molar-refractivity contribution in [2.75, 3.05) is 13.1 Å². The Morgan fingerprint density at radius 3 is 1.56 bits per heavy atom.